The molecule has 0 bridgehead atoms. The van der Waals surface area contributed by atoms with E-state index in [4.69, 9.17) is 9.41 Å². The van der Waals surface area contributed by atoms with Crippen molar-refractivity contribution in [1.29, 1.82) is 0 Å². The molecule has 1 aliphatic rings. The second-order valence-corrected chi connectivity index (χ2v) is 9.07. The highest BCUT2D eigenvalue weighted by atomic mass is 127. The fourth-order valence-corrected chi connectivity index (χ4v) is 4.44. The van der Waals surface area contributed by atoms with Gasteiger partial charge in [-0.25, -0.2) is 9.98 Å². The molecule has 1 aliphatic heterocycles. The summed E-state index contributed by atoms with van der Waals surface area (Å²) in [4.78, 5) is 12.7. The average molecular weight is 492 g/mol. The fraction of sp³-hybridized carbons (Fsp3) is 0.529. The molecule has 3 heterocycles. The smallest absolute Gasteiger partial charge is 0.236 e. The van der Waals surface area contributed by atoms with Gasteiger partial charge in [0.25, 0.3) is 0 Å². The van der Waals surface area contributed by atoms with Gasteiger partial charge in [-0.1, -0.05) is 6.07 Å². The van der Waals surface area contributed by atoms with Crippen LogP contribution in [0.15, 0.2) is 33.2 Å². The first-order valence-corrected chi connectivity index (χ1v) is 10.1. The third-order valence-electron chi connectivity index (χ3n) is 3.73. The number of thiophene rings is 1. The van der Waals surface area contributed by atoms with E-state index < -0.39 is 0 Å². The Morgan fingerprint density at radius 2 is 2.32 bits per heavy atom. The van der Waals surface area contributed by atoms with Crippen LogP contribution in [0.1, 0.15) is 26.5 Å². The van der Waals surface area contributed by atoms with Crippen LogP contribution in [0.3, 0.4) is 0 Å². The van der Waals surface area contributed by atoms with E-state index in [9.17, 15) is 0 Å². The van der Waals surface area contributed by atoms with Crippen LogP contribution >= 0.6 is 47.1 Å². The summed E-state index contributed by atoms with van der Waals surface area (Å²) in [6.07, 6.45) is 1.71. The van der Waals surface area contributed by atoms with Gasteiger partial charge in [0.1, 0.15) is 12.0 Å². The van der Waals surface area contributed by atoms with Crippen molar-refractivity contribution in [2.45, 2.75) is 32.1 Å². The molecule has 8 heteroatoms. The lowest BCUT2D eigenvalue weighted by molar-refractivity contribution is 0.375. The van der Waals surface area contributed by atoms with Crippen LogP contribution in [0.25, 0.3) is 10.8 Å². The number of hydrogen-bond donors (Lipinski definition) is 1. The van der Waals surface area contributed by atoms with Gasteiger partial charge in [-0.3, -0.25) is 0 Å². The maximum absolute atomic E-state index is 5.57. The van der Waals surface area contributed by atoms with Gasteiger partial charge in [-0.15, -0.1) is 35.3 Å². The van der Waals surface area contributed by atoms with Gasteiger partial charge in [-0.05, 0) is 32.2 Å². The summed E-state index contributed by atoms with van der Waals surface area (Å²) in [6, 6.07) is 4.02. The number of rotatable bonds is 4. The van der Waals surface area contributed by atoms with Crippen molar-refractivity contribution in [3.63, 3.8) is 0 Å². The first kappa shape index (κ1) is 20.6. The number of aromatic nitrogens is 1. The predicted molar refractivity (Wildman–Crippen MR) is 118 cm³/mol. The lowest BCUT2D eigenvalue weighted by Gasteiger charge is -2.39. The molecule has 1 fully saturated rings. The van der Waals surface area contributed by atoms with Crippen molar-refractivity contribution in [3.8, 4) is 10.8 Å². The number of aliphatic imine (C=N–C) groups is 1. The standard InChI is InChI=1S/C17H24N4OS2.HI/c1-4-18-16(21-7-9-24-17(2,3)12-21)19-10-13-11-22-15(20-13)14-6-5-8-23-14;/h5-6,8,11H,4,7,9-10,12H2,1-3H3,(H,18,19);1H. The van der Waals surface area contributed by atoms with Gasteiger partial charge in [-0.2, -0.15) is 11.8 Å². The Bertz CT molecular complexity index is 685. The number of halogens is 1. The second-order valence-electron chi connectivity index (χ2n) is 6.32. The molecule has 1 saturated heterocycles. The van der Waals surface area contributed by atoms with Crippen LogP contribution in [0, 0.1) is 0 Å². The molecular weight excluding hydrogens is 467 g/mol. The zero-order valence-electron chi connectivity index (χ0n) is 14.8. The quantitative estimate of drug-likeness (QED) is 0.392. The number of thioether (sulfide) groups is 1. The van der Waals surface area contributed by atoms with E-state index in [-0.39, 0.29) is 28.7 Å². The lowest BCUT2D eigenvalue weighted by Crippen LogP contribution is -2.50. The van der Waals surface area contributed by atoms with Gasteiger partial charge in [0.15, 0.2) is 5.96 Å². The molecule has 138 valence electrons. The Labute approximate surface area is 174 Å². The first-order valence-electron chi connectivity index (χ1n) is 8.23. The highest BCUT2D eigenvalue weighted by molar-refractivity contribution is 14.0. The molecule has 0 atom stereocenters. The van der Waals surface area contributed by atoms with E-state index in [0.717, 1.165) is 41.9 Å². The summed E-state index contributed by atoms with van der Waals surface area (Å²) >= 11 is 3.65. The minimum atomic E-state index is 0. The van der Waals surface area contributed by atoms with E-state index in [1.54, 1.807) is 17.6 Å². The van der Waals surface area contributed by atoms with Gasteiger partial charge >= 0.3 is 0 Å². The van der Waals surface area contributed by atoms with Crippen LogP contribution in [-0.4, -0.2) is 46.0 Å². The Morgan fingerprint density at radius 3 is 3.00 bits per heavy atom. The number of guanidine groups is 1. The Kier molecular flexibility index (Phi) is 7.63. The Morgan fingerprint density at radius 1 is 1.48 bits per heavy atom. The van der Waals surface area contributed by atoms with Gasteiger partial charge in [0.05, 0.1) is 11.4 Å². The molecule has 0 unspecified atom stereocenters. The van der Waals surface area contributed by atoms with Gasteiger partial charge in [0.2, 0.25) is 5.89 Å². The highest BCUT2D eigenvalue weighted by Crippen LogP contribution is 2.29. The van der Waals surface area contributed by atoms with E-state index in [1.165, 1.54) is 0 Å². The van der Waals surface area contributed by atoms with Crippen molar-refractivity contribution in [2.24, 2.45) is 4.99 Å². The summed E-state index contributed by atoms with van der Waals surface area (Å²) in [6.45, 7) is 10.1. The van der Waals surface area contributed by atoms with Crippen molar-refractivity contribution in [3.05, 3.63) is 29.5 Å². The normalized spacial score (nSPS) is 17.2. The fourth-order valence-electron chi connectivity index (χ4n) is 2.67. The molecule has 0 spiro atoms. The summed E-state index contributed by atoms with van der Waals surface area (Å²) in [5, 5.41) is 5.43. The summed E-state index contributed by atoms with van der Waals surface area (Å²) in [5.41, 5.74) is 0.861. The predicted octanol–water partition coefficient (Wildman–Crippen LogP) is 4.31. The zero-order chi connectivity index (χ0) is 17.0. The molecule has 0 aliphatic carbocycles. The second kappa shape index (κ2) is 9.27. The number of oxazole rings is 1. The highest BCUT2D eigenvalue weighted by Gasteiger charge is 2.28. The van der Waals surface area contributed by atoms with Crippen molar-refractivity contribution in [2.75, 3.05) is 25.4 Å². The van der Waals surface area contributed by atoms with Crippen molar-refractivity contribution in [1.82, 2.24) is 15.2 Å². The summed E-state index contributed by atoms with van der Waals surface area (Å²) in [5.74, 6) is 2.77. The number of nitrogens with one attached hydrogen (secondary N) is 1. The maximum Gasteiger partial charge on any atom is 0.236 e. The van der Waals surface area contributed by atoms with Crippen molar-refractivity contribution < 1.29 is 4.42 Å². The molecule has 2 aromatic heterocycles. The SMILES string of the molecule is CCNC(=NCc1coc(-c2cccs2)n1)N1CCSC(C)(C)C1.I. The zero-order valence-corrected chi connectivity index (χ0v) is 18.8. The molecule has 0 aromatic carbocycles. The van der Waals surface area contributed by atoms with Gasteiger partial charge in [0, 0.05) is 30.1 Å². The third-order valence-corrected chi connectivity index (χ3v) is 5.89. The van der Waals surface area contributed by atoms with E-state index in [2.05, 4.69) is 36.0 Å². The lowest BCUT2D eigenvalue weighted by atomic mass is 10.2. The molecule has 0 saturated carbocycles. The molecule has 1 N–H and O–H groups in total. The van der Waals surface area contributed by atoms with Crippen molar-refractivity contribution >= 4 is 53.0 Å². The molecular formula is C17H25IN4OS2. The summed E-state index contributed by atoms with van der Waals surface area (Å²) in [7, 11) is 0. The molecule has 0 amide bonds. The minimum absolute atomic E-state index is 0. The molecule has 0 radical (unpaired) electrons. The molecule has 3 rings (SSSR count). The maximum atomic E-state index is 5.57. The topological polar surface area (TPSA) is 53.7 Å². The molecule has 5 nitrogen and oxygen atoms in total. The molecule has 25 heavy (non-hydrogen) atoms. The first-order chi connectivity index (χ1) is 11.6. The minimum Gasteiger partial charge on any atom is -0.443 e. The summed E-state index contributed by atoms with van der Waals surface area (Å²) < 4.78 is 5.83. The van der Waals surface area contributed by atoms with Crippen LogP contribution in [-0.2, 0) is 6.54 Å². The van der Waals surface area contributed by atoms with E-state index in [0.29, 0.717) is 12.4 Å². The van der Waals surface area contributed by atoms with E-state index in [1.807, 2.05) is 29.3 Å². The van der Waals surface area contributed by atoms with Crippen LogP contribution in [0.5, 0.6) is 0 Å². The number of nitrogens with zero attached hydrogens (tertiary/aromatic N) is 3. The number of hydrogen-bond acceptors (Lipinski definition) is 5. The Balaban J connectivity index is 0.00000225. The third kappa shape index (κ3) is 5.62. The average Bonchev–Trinajstić information content (AvgIpc) is 3.21. The Hall–Kier alpha value is -0.740. The largest absolute Gasteiger partial charge is 0.443 e. The van der Waals surface area contributed by atoms with Crippen LogP contribution in [0.2, 0.25) is 0 Å². The monoisotopic (exact) mass is 492 g/mol. The van der Waals surface area contributed by atoms with E-state index >= 15 is 0 Å². The van der Waals surface area contributed by atoms with Crippen LogP contribution in [0.4, 0.5) is 0 Å². The van der Waals surface area contributed by atoms with Gasteiger partial charge < -0.3 is 14.6 Å². The molecule has 2 aromatic rings. The van der Waals surface area contributed by atoms with Crippen LogP contribution < -0.4 is 5.32 Å².